The van der Waals surface area contributed by atoms with Crippen molar-refractivity contribution in [3.05, 3.63) is 120 Å². The standard InChI is InChI=1S/C47H61N7O6/c1-31-15-14-18-35(49-31)30-53-25-26-54(45(53)59)41(47(5,6)7)43(57)51-38(28-32-16-10-9-11-17-32)39(55)29-36(50-42(56)40(46(2,3)4)52-44(58)60-8)27-33-20-22-34(23-21-33)37-19-12-13-24-48-37/h9-24,36,38-41,55H,25-30H2,1-8H3,(H,50,56)(H,51,57)(H,52,58)/t36-,38-,39?,40+,41+/m0/s1. The number of carbonyl (C=O) groups excluding carboxylic acids is 4. The molecule has 13 nitrogen and oxygen atoms in total. The lowest BCUT2D eigenvalue weighted by Gasteiger charge is -2.38. The molecule has 320 valence electrons. The summed E-state index contributed by atoms with van der Waals surface area (Å²) in [6, 6.07) is 25.4. The van der Waals surface area contributed by atoms with Gasteiger partial charge in [0.15, 0.2) is 0 Å². The largest absolute Gasteiger partial charge is 0.453 e. The highest BCUT2D eigenvalue weighted by atomic mass is 16.5. The van der Waals surface area contributed by atoms with Crippen molar-refractivity contribution in [2.45, 2.75) is 105 Å². The number of carbonyl (C=O) groups is 4. The summed E-state index contributed by atoms with van der Waals surface area (Å²) in [6.07, 6.45) is 0.536. The normalized spacial score (nSPS) is 15.7. The maximum Gasteiger partial charge on any atom is 0.407 e. The Kier molecular flexibility index (Phi) is 15.1. The van der Waals surface area contributed by atoms with Crippen LogP contribution in [0.3, 0.4) is 0 Å². The molecule has 0 spiro atoms. The third-order valence-corrected chi connectivity index (χ3v) is 10.7. The van der Waals surface area contributed by atoms with Crippen LogP contribution in [0.25, 0.3) is 11.3 Å². The van der Waals surface area contributed by atoms with Gasteiger partial charge in [-0.25, -0.2) is 9.59 Å². The molecule has 0 radical (unpaired) electrons. The topological polar surface area (TPSA) is 166 Å². The first-order valence-electron chi connectivity index (χ1n) is 20.6. The highest BCUT2D eigenvalue weighted by Gasteiger charge is 2.44. The minimum absolute atomic E-state index is 0.0562. The number of pyridine rings is 2. The smallest absolute Gasteiger partial charge is 0.407 e. The van der Waals surface area contributed by atoms with Crippen LogP contribution in [0.1, 0.15) is 70.5 Å². The first-order valence-corrected chi connectivity index (χ1v) is 20.6. The molecule has 4 aromatic rings. The van der Waals surface area contributed by atoms with Gasteiger partial charge in [-0.15, -0.1) is 0 Å². The fraction of sp³-hybridized carbons (Fsp3) is 0.447. The van der Waals surface area contributed by atoms with Crippen LogP contribution in [0.15, 0.2) is 97.2 Å². The summed E-state index contributed by atoms with van der Waals surface area (Å²) >= 11 is 0. The number of aryl methyl sites for hydroxylation is 1. The van der Waals surface area contributed by atoms with E-state index in [1.165, 1.54) is 7.11 Å². The van der Waals surface area contributed by atoms with E-state index in [1.807, 2.05) is 139 Å². The zero-order valence-electron chi connectivity index (χ0n) is 36.1. The van der Waals surface area contributed by atoms with E-state index in [2.05, 4.69) is 25.9 Å². The summed E-state index contributed by atoms with van der Waals surface area (Å²) in [5, 5.41) is 21.2. The lowest BCUT2D eigenvalue weighted by Crippen LogP contribution is -2.59. The molecule has 5 rings (SSSR count). The summed E-state index contributed by atoms with van der Waals surface area (Å²) in [4.78, 5) is 67.3. The molecular weight excluding hydrogens is 759 g/mol. The van der Waals surface area contributed by atoms with Gasteiger partial charge in [0.25, 0.3) is 0 Å². The molecule has 1 fully saturated rings. The highest BCUT2D eigenvalue weighted by Crippen LogP contribution is 2.29. The van der Waals surface area contributed by atoms with Crippen molar-refractivity contribution in [1.82, 2.24) is 35.7 Å². The average Bonchev–Trinajstić information content (AvgIpc) is 3.54. The molecule has 1 saturated heterocycles. The summed E-state index contributed by atoms with van der Waals surface area (Å²) in [6.45, 7) is 14.3. The van der Waals surface area contributed by atoms with E-state index in [4.69, 9.17) is 4.74 Å². The van der Waals surface area contributed by atoms with Crippen LogP contribution in [-0.2, 0) is 33.7 Å². The number of hydrogen-bond acceptors (Lipinski definition) is 8. The first-order chi connectivity index (χ1) is 28.4. The molecule has 1 unspecified atom stereocenters. The number of nitrogens with one attached hydrogen (secondary N) is 3. The molecule has 13 heteroatoms. The average molecular weight is 820 g/mol. The van der Waals surface area contributed by atoms with Gasteiger partial charge in [0.1, 0.15) is 12.1 Å². The number of hydrogen-bond donors (Lipinski definition) is 4. The number of rotatable bonds is 16. The second-order valence-corrected chi connectivity index (χ2v) is 17.8. The van der Waals surface area contributed by atoms with Gasteiger partial charge in [-0.05, 0) is 72.4 Å². The molecule has 5 atom stereocenters. The third kappa shape index (κ3) is 12.4. The zero-order chi connectivity index (χ0) is 43.6. The van der Waals surface area contributed by atoms with Crippen LogP contribution in [0.2, 0.25) is 0 Å². The molecule has 4 N–H and O–H groups in total. The molecule has 1 aliphatic heterocycles. The number of urea groups is 1. The molecule has 0 bridgehead atoms. The summed E-state index contributed by atoms with van der Waals surface area (Å²) < 4.78 is 4.84. The minimum atomic E-state index is -1.15. The van der Waals surface area contributed by atoms with Crippen molar-refractivity contribution >= 4 is 23.9 Å². The van der Waals surface area contributed by atoms with Crippen molar-refractivity contribution in [3.63, 3.8) is 0 Å². The number of benzene rings is 2. The molecule has 3 heterocycles. The van der Waals surface area contributed by atoms with Crippen molar-refractivity contribution in [3.8, 4) is 11.3 Å². The minimum Gasteiger partial charge on any atom is -0.453 e. The number of aromatic nitrogens is 2. The predicted molar refractivity (Wildman–Crippen MR) is 232 cm³/mol. The molecule has 0 saturated carbocycles. The van der Waals surface area contributed by atoms with E-state index in [1.54, 1.807) is 16.0 Å². The van der Waals surface area contributed by atoms with Gasteiger partial charge in [-0.1, -0.05) is 108 Å². The summed E-state index contributed by atoms with van der Waals surface area (Å²) in [7, 11) is 1.24. The van der Waals surface area contributed by atoms with Gasteiger partial charge in [-0.3, -0.25) is 19.6 Å². The third-order valence-electron chi connectivity index (χ3n) is 10.7. The van der Waals surface area contributed by atoms with E-state index in [9.17, 15) is 24.3 Å². The number of ether oxygens (including phenoxy) is 1. The Hall–Kier alpha value is -5.82. The van der Waals surface area contributed by atoms with Crippen LogP contribution in [0.4, 0.5) is 9.59 Å². The van der Waals surface area contributed by atoms with Crippen LogP contribution in [0, 0.1) is 17.8 Å². The van der Waals surface area contributed by atoms with Crippen molar-refractivity contribution in [2.75, 3.05) is 20.2 Å². The molecule has 5 amide bonds. The number of aliphatic hydroxyl groups excluding tert-OH is 1. The number of alkyl carbamates (subject to hydrolysis) is 1. The Morgan fingerprint density at radius 2 is 1.47 bits per heavy atom. The number of nitrogens with zero attached hydrogens (tertiary/aromatic N) is 4. The molecule has 1 aliphatic rings. The van der Waals surface area contributed by atoms with Crippen molar-refractivity contribution in [1.29, 1.82) is 0 Å². The quantitative estimate of drug-likeness (QED) is 0.106. The first kappa shape index (κ1) is 45.3. The number of methoxy groups -OCH3 is 1. The van der Waals surface area contributed by atoms with Crippen LogP contribution >= 0.6 is 0 Å². The van der Waals surface area contributed by atoms with Gasteiger partial charge in [-0.2, -0.15) is 0 Å². The Labute approximate surface area is 354 Å². The SMILES string of the molecule is COC(=O)N[C@H](C(=O)N[C@@H](Cc1ccc(-c2ccccn2)cc1)CC(O)[C@H](Cc1ccccc1)NC(=O)[C@@H](N1CCN(Cc2cccc(C)n2)C1=O)C(C)(C)C)C(C)(C)C. The molecule has 0 aliphatic carbocycles. The molecule has 2 aromatic heterocycles. The zero-order valence-corrected chi connectivity index (χ0v) is 36.1. The summed E-state index contributed by atoms with van der Waals surface area (Å²) in [5.74, 6) is -0.822. The molecular formula is C47H61N7O6. The van der Waals surface area contributed by atoms with E-state index in [0.717, 1.165) is 33.8 Å². The monoisotopic (exact) mass is 819 g/mol. The van der Waals surface area contributed by atoms with Gasteiger partial charge >= 0.3 is 12.1 Å². The Bertz CT molecular complexity index is 2050. The van der Waals surface area contributed by atoms with E-state index < -0.39 is 53.1 Å². The van der Waals surface area contributed by atoms with Crippen LogP contribution < -0.4 is 16.0 Å². The van der Waals surface area contributed by atoms with E-state index >= 15 is 0 Å². The van der Waals surface area contributed by atoms with Gasteiger partial charge < -0.3 is 35.6 Å². The molecule has 60 heavy (non-hydrogen) atoms. The van der Waals surface area contributed by atoms with Crippen molar-refractivity contribution in [2.24, 2.45) is 10.8 Å². The molecule has 2 aromatic carbocycles. The second kappa shape index (κ2) is 20.0. The number of aliphatic hydroxyl groups is 1. The van der Waals surface area contributed by atoms with E-state index in [0.29, 0.717) is 26.1 Å². The maximum absolute atomic E-state index is 14.6. The Morgan fingerprint density at radius 1 is 0.783 bits per heavy atom. The van der Waals surface area contributed by atoms with Gasteiger partial charge in [0, 0.05) is 36.6 Å². The summed E-state index contributed by atoms with van der Waals surface area (Å²) in [5.41, 5.74) is 3.83. The van der Waals surface area contributed by atoms with Crippen LogP contribution in [0.5, 0.6) is 0 Å². The van der Waals surface area contributed by atoms with Crippen molar-refractivity contribution < 1.29 is 29.0 Å². The fourth-order valence-electron chi connectivity index (χ4n) is 7.70. The van der Waals surface area contributed by atoms with Crippen LogP contribution in [-0.4, -0.2) is 99.3 Å². The van der Waals surface area contributed by atoms with Gasteiger partial charge in [0.2, 0.25) is 11.8 Å². The maximum atomic E-state index is 14.6. The van der Waals surface area contributed by atoms with Gasteiger partial charge in [0.05, 0.1) is 37.2 Å². The predicted octanol–water partition coefficient (Wildman–Crippen LogP) is 6.08. The highest BCUT2D eigenvalue weighted by molar-refractivity contribution is 5.89. The fourth-order valence-corrected chi connectivity index (χ4v) is 7.70. The number of amides is 5. The van der Waals surface area contributed by atoms with E-state index in [-0.39, 0.29) is 24.8 Å². The Balaban J connectivity index is 1.42. The second-order valence-electron chi connectivity index (χ2n) is 17.8. The lowest BCUT2D eigenvalue weighted by molar-refractivity contribution is -0.131. The Morgan fingerprint density at radius 3 is 2.08 bits per heavy atom. The lowest BCUT2D eigenvalue weighted by atomic mass is 9.84.